The lowest BCUT2D eigenvalue weighted by Crippen LogP contribution is -2.48. The van der Waals surface area contributed by atoms with Crippen LogP contribution in [0.5, 0.6) is 23.0 Å². The molecule has 0 spiro atoms. The second-order valence-corrected chi connectivity index (χ2v) is 11.4. The van der Waals surface area contributed by atoms with Crippen LogP contribution in [0.2, 0.25) is 5.02 Å². The van der Waals surface area contributed by atoms with Crippen LogP contribution in [0.4, 0.5) is 5.69 Å². The molecule has 2 aliphatic carbocycles. The third kappa shape index (κ3) is 2.99. The van der Waals surface area contributed by atoms with Gasteiger partial charge in [0, 0.05) is 22.6 Å². The molecule has 38 heavy (non-hydrogen) atoms. The van der Waals surface area contributed by atoms with Crippen LogP contribution in [0.25, 0.3) is 11.0 Å². The van der Waals surface area contributed by atoms with Crippen molar-refractivity contribution >= 4 is 34.2 Å². The first-order valence-corrected chi connectivity index (χ1v) is 13.1. The van der Waals surface area contributed by atoms with Crippen LogP contribution in [0, 0.1) is 5.41 Å². The van der Waals surface area contributed by atoms with Gasteiger partial charge < -0.3 is 19.5 Å². The van der Waals surface area contributed by atoms with Crippen molar-refractivity contribution in [2.24, 2.45) is 5.41 Å². The first-order chi connectivity index (χ1) is 18.2. The molecule has 1 aromatic heterocycles. The lowest BCUT2D eigenvalue weighted by molar-refractivity contribution is -0.125. The standard InChI is InChI=1S/C30H26ClN3O4/c1-28(2)29(3)11-12-30(28,26-25(29)32-19-14-23-24(37-16-36-23)15-20(19)33-26)27(35)34-21-13-17(31)9-10-22(21)38-18-7-5-4-6-8-18/h4-10,13-15H,11-12,16H2,1-3H3,(H,34,35). The zero-order chi connectivity index (χ0) is 26.3. The van der Waals surface area contributed by atoms with Crippen molar-refractivity contribution in [3.05, 3.63) is 77.1 Å². The predicted octanol–water partition coefficient (Wildman–Crippen LogP) is 6.77. The van der Waals surface area contributed by atoms with E-state index in [1.54, 1.807) is 18.2 Å². The molecule has 7 rings (SSSR count). The number of hydrogen-bond donors (Lipinski definition) is 1. The Morgan fingerprint density at radius 3 is 2.32 bits per heavy atom. The monoisotopic (exact) mass is 527 g/mol. The summed E-state index contributed by atoms with van der Waals surface area (Å²) >= 11 is 6.36. The summed E-state index contributed by atoms with van der Waals surface area (Å²) in [7, 11) is 0. The third-order valence-electron chi connectivity index (χ3n) is 9.08. The smallest absolute Gasteiger partial charge is 0.237 e. The Balaban J connectivity index is 1.34. The van der Waals surface area contributed by atoms with Crippen molar-refractivity contribution < 1.29 is 19.0 Å². The molecule has 192 valence electrons. The molecule has 2 bridgehead atoms. The number of benzene rings is 3. The third-order valence-corrected chi connectivity index (χ3v) is 9.32. The van der Waals surface area contributed by atoms with Gasteiger partial charge in [0.05, 0.1) is 33.5 Å². The number of amides is 1. The Morgan fingerprint density at radius 1 is 0.921 bits per heavy atom. The Bertz CT molecular complexity index is 1640. The summed E-state index contributed by atoms with van der Waals surface area (Å²) in [4.78, 5) is 24.6. The fourth-order valence-corrected chi connectivity index (χ4v) is 6.70. The molecule has 1 aliphatic heterocycles. The molecule has 1 fully saturated rings. The van der Waals surface area contributed by atoms with Gasteiger partial charge in [0.2, 0.25) is 12.7 Å². The number of halogens is 1. The van der Waals surface area contributed by atoms with Gasteiger partial charge in [-0.3, -0.25) is 4.79 Å². The van der Waals surface area contributed by atoms with Gasteiger partial charge in [-0.1, -0.05) is 50.6 Å². The number of aromatic nitrogens is 2. The number of rotatable bonds is 4. The van der Waals surface area contributed by atoms with Crippen molar-refractivity contribution in [1.29, 1.82) is 0 Å². The molecule has 4 aromatic rings. The number of hydrogen-bond acceptors (Lipinski definition) is 6. The van der Waals surface area contributed by atoms with E-state index >= 15 is 0 Å². The predicted molar refractivity (Wildman–Crippen MR) is 144 cm³/mol. The summed E-state index contributed by atoms with van der Waals surface area (Å²) in [6.07, 6.45) is 1.49. The number of carbonyl (C=O) groups excluding carboxylic acids is 1. The van der Waals surface area contributed by atoms with Crippen LogP contribution in [0.15, 0.2) is 60.7 Å². The minimum Gasteiger partial charge on any atom is -0.455 e. The van der Waals surface area contributed by atoms with Crippen molar-refractivity contribution in [2.45, 2.75) is 44.4 Å². The fraction of sp³-hybridized carbons (Fsp3) is 0.300. The Kier molecular flexibility index (Phi) is 4.80. The van der Waals surface area contributed by atoms with E-state index in [1.165, 1.54) is 0 Å². The van der Waals surface area contributed by atoms with Gasteiger partial charge in [-0.05, 0) is 48.6 Å². The van der Waals surface area contributed by atoms with Crippen LogP contribution < -0.4 is 19.5 Å². The Hall–Kier alpha value is -3.84. The maximum Gasteiger partial charge on any atom is 0.237 e. The van der Waals surface area contributed by atoms with Crippen molar-refractivity contribution in [1.82, 2.24) is 9.97 Å². The van der Waals surface area contributed by atoms with E-state index in [9.17, 15) is 4.79 Å². The largest absolute Gasteiger partial charge is 0.455 e. The first kappa shape index (κ1) is 23.3. The number of nitrogens with one attached hydrogen (secondary N) is 1. The lowest BCUT2D eigenvalue weighted by Gasteiger charge is -2.39. The summed E-state index contributed by atoms with van der Waals surface area (Å²) in [5.74, 6) is 2.35. The van der Waals surface area contributed by atoms with E-state index < -0.39 is 10.8 Å². The minimum absolute atomic E-state index is 0.139. The number of para-hydroxylation sites is 1. The average Bonchev–Trinajstić information content (AvgIpc) is 3.48. The second-order valence-electron chi connectivity index (χ2n) is 11.0. The lowest BCUT2D eigenvalue weighted by atomic mass is 9.63. The van der Waals surface area contributed by atoms with E-state index in [0.717, 1.165) is 23.3 Å². The van der Waals surface area contributed by atoms with Gasteiger partial charge in [-0.2, -0.15) is 0 Å². The molecule has 1 saturated carbocycles. The van der Waals surface area contributed by atoms with E-state index in [-0.39, 0.29) is 18.1 Å². The maximum atomic E-state index is 14.4. The Morgan fingerprint density at radius 2 is 1.61 bits per heavy atom. The van der Waals surface area contributed by atoms with Crippen molar-refractivity contribution in [3.63, 3.8) is 0 Å². The minimum atomic E-state index is -0.888. The second kappa shape index (κ2) is 7.84. The molecular formula is C30H26ClN3O4. The van der Waals surface area contributed by atoms with Gasteiger partial charge in [-0.15, -0.1) is 0 Å². The van der Waals surface area contributed by atoms with Crippen molar-refractivity contribution in [3.8, 4) is 23.0 Å². The van der Waals surface area contributed by atoms with Gasteiger partial charge in [-0.25, -0.2) is 9.97 Å². The fourth-order valence-electron chi connectivity index (χ4n) is 6.53. The van der Waals surface area contributed by atoms with Crippen molar-refractivity contribution in [2.75, 3.05) is 12.1 Å². The van der Waals surface area contributed by atoms with Crippen LogP contribution in [-0.4, -0.2) is 22.7 Å². The van der Waals surface area contributed by atoms with Gasteiger partial charge in [0.25, 0.3) is 0 Å². The molecule has 2 unspecified atom stereocenters. The van der Waals surface area contributed by atoms with Crippen LogP contribution in [0.1, 0.15) is 45.0 Å². The molecule has 1 amide bonds. The van der Waals surface area contributed by atoms with Crippen LogP contribution in [-0.2, 0) is 15.6 Å². The summed E-state index contributed by atoms with van der Waals surface area (Å²) in [5.41, 5.74) is 1.88. The van der Waals surface area contributed by atoms with Gasteiger partial charge >= 0.3 is 0 Å². The Labute approximate surface area is 225 Å². The van der Waals surface area contributed by atoms with Gasteiger partial charge in [0.15, 0.2) is 17.2 Å². The average molecular weight is 528 g/mol. The molecule has 0 saturated heterocycles. The molecule has 3 aromatic carbocycles. The zero-order valence-electron chi connectivity index (χ0n) is 21.3. The normalized spacial score (nSPS) is 23.9. The number of anilines is 1. The summed E-state index contributed by atoms with van der Waals surface area (Å²) < 4.78 is 17.3. The highest BCUT2D eigenvalue weighted by atomic mass is 35.5. The molecule has 1 N–H and O–H groups in total. The molecule has 7 nitrogen and oxygen atoms in total. The van der Waals surface area contributed by atoms with E-state index in [2.05, 4.69) is 26.1 Å². The van der Waals surface area contributed by atoms with E-state index in [0.29, 0.717) is 45.6 Å². The molecule has 2 heterocycles. The summed E-state index contributed by atoms with van der Waals surface area (Å²) in [5, 5.41) is 3.68. The quantitative estimate of drug-likeness (QED) is 0.315. The SMILES string of the molecule is CC12CCC(C(=O)Nc3cc(Cl)ccc3Oc3ccccc3)(c3nc4cc5c(cc4nc31)OCO5)C2(C)C. The zero-order valence-corrected chi connectivity index (χ0v) is 22.1. The highest BCUT2D eigenvalue weighted by Gasteiger charge is 2.73. The maximum absolute atomic E-state index is 14.4. The van der Waals surface area contributed by atoms with E-state index in [1.807, 2.05) is 42.5 Å². The topological polar surface area (TPSA) is 82.6 Å². The summed E-state index contributed by atoms with van der Waals surface area (Å²) in [6, 6.07) is 18.4. The highest BCUT2D eigenvalue weighted by molar-refractivity contribution is 6.31. The van der Waals surface area contributed by atoms with Gasteiger partial charge in [0.1, 0.15) is 5.75 Å². The number of ether oxygens (including phenoxy) is 3. The molecular weight excluding hydrogens is 502 g/mol. The first-order valence-electron chi connectivity index (χ1n) is 12.7. The molecule has 3 aliphatic rings. The van der Waals surface area contributed by atoms with Crippen LogP contribution >= 0.6 is 11.6 Å². The van der Waals surface area contributed by atoms with E-state index in [4.69, 9.17) is 35.8 Å². The molecule has 2 atom stereocenters. The molecule has 0 radical (unpaired) electrons. The number of fused-ring (bicyclic) bond motifs is 7. The highest BCUT2D eigenvalue weighted by Crippen LogP contribution is 2.70. The number of carbonyl (C=O) groups is 1. The number of nitrogens with zero attached hydrogens (tertiary/aromatic N) is 2. The molecule has 8 heteroatoms. The summed E-state index contributed by atoms with van der Waals surface area (Å²) in [6.45, 7) is 6.68. The van der Waals surface area contributed by atoms with Crippen LogP contribution in [0.3, 0.4) is 0 Å².